The normalized spacial score (nSPS) is 12.3. The average molecular weight is 322 g/mol. The zero-order chi connectivity index (χ0) is 16.3. The van der Waals surface area contributed by atoms with Crippen molar-refractivity contribution in [2.45, 2.75) is 32.4 Å². The predicted octanol–water partition coefficient (Wildman–Crippen LogP) is 4.23. The molecule has 21 heavy (non-hydrogen) atoms. The van der Waals surface area contributed by atoms with Crippen LogP contribution < -0.4 is 0 Å². The number of nitrogens with zero attached hydrogens (tertiary/aromatic N) is 1. The molecule has 118 valence electrons. The number of benzene rings is 1. The van der Waals surface area contributed by atoms with E-state index in [4.69, 9.17) is 11.6 Å². The van der Waals surface area contributed by atoms with Gasteiger partial charge in [-0.2, -0.15) is 13.2 Å². The maximum Gasteiger partial charge on any atom is 0.406 e. The molecule has 0 heterocycles. The van der Waals surface area contributed by atoms with Gasteiger partial charge in [-0.05, 0) is 17.0 Å². The molecule has 0 spiro atoms. The van der Waals surface area contributed by atoms with Crippen molar-refractivity contribution >= 4 is 17.5 Å². The average Bonchev–Trinajstić information content (AvgIpc) is 2.35. The maximum absolute atomic E-state index is 12.6. The quantitative estimate of drug-likeness (QED) is 0.760. The highest BCUT2D eigenvalue weighted by molar-refractivity contribution is 6.18. The van der Waals surface area contributed by atoms with Crippen molar-refractivity contribution in [2.24, 2.45) is 0 Å². The van der Waals surface area contributed by atoms with E-state index in [9.17, 15) is 18.0 Å². The van der Waals surface area contributed by atoms with E-state index in [0.29, 0.717) is 5.56 Å². The fraction of sp³-hybridized carbons (Fsp3) is 0.533. The number of hydrogen-bond donors (Lipinski definition) is 0. The second-order valence-electron chi connectivity index (χ2n) is 5.83. The van der Waals surface area contributed by atoms with Crippen molar-refractivity contribution in [1.82, 2.24) is 4.90 Å². The minimum atomic E-state index is -4.45. The van der Waals surface area contributed by atoms with Gasteiger partial charge in [-0.25, -0.2) is 0 Å². The van der Waals surface area contributed by atoms with Crippen LogP contribution in [0.2, 0.25) is 0 Å². The lowest BCUT2D eigenvalue weighted by Gasteiger charge is -2.27. The molecule has 6 heteroatoms. The van der Waals surface area contributed by atoms with Crippen LogP contribution in [0.25, 0.3) is 0 Å². The summed E-state index contributed by atoms with van der Waals surface area (Å²) >= 11 is 5.53. The van der Waals surface area contributed by atoms with Crippen LogP contribution in [-0.4, -0.2) is 36.0 Å². The minimum absolute atomic E-state index is 0.0422. The van der Waals surface area contributed by atoms with Crippen molar-refractivity contribution < 1.29 is 18.0 Å². The third-order valence-corrected chi connectivity index (χ3v) is 3.15. The van der Waals surface area contributed by atoms with E-state index in [1.165, 1.54) is 0 Å². The standard InChI is InChI=1S/C15H19ClF3NO/c1-14(2,3)12-7-5-4-6-11(12)13(21)20(9-8-16)10-15(17,18)19/h4-7H,8-10H2,1-3H3. The van der Waals surface area contributed by atoms with Gasteiger partial charge in [0.05, 0.1) is 0 Å². The zero-order valence-electron chi connectivity index (χ0n) is 12.3. The Morgan fingerprint density at radius 3 is 2.24 bits per heavy atom. The number of rotatable bonds is 4. The SMILES string of the molecule is CC(C)(C)c1ccccc1C(=O)N(CCCl)CC(F)(F)F. The molecule has 0 saturated carbocycles. The maximum atomic E-state index is 12.6. The lowest BCUT2D eigenvalue weighted by Crippen LogP contribution is -2.41. The van der Waals surface area contributed by atoms with E-state index in [1.54, 1.807) is 24.3 Å². The lowest BCUT2D eigenvalue weighted by molar-refractivity contribution is -0.140. The van der Waals surface area contributed by atoms with Gasteiger partial charge in [0.25, 0.3) is 5.91 Å². The van der Waals surface area contributed by atoms with Gasteiger partial charge in [-0.3, -0.25) is 4.79 Å². The first-order chi connectivity index (χ1) is 9.56. The van der Waals surface area contributed by atoms with Gasteiger partial charge in [-0.15, -0.1) is 11.6 Å². The fourth-order valence-electron chi connectivity index (χ4n) is 2.06. The second kappa shape index (κ2) is 6.69. The van der Waals surface area contributed by atoms with Crippen molar-refractivity contribution in [3.8, 4) is 0 Å². The first-order valence-electron chi connectivity index (χ1n) is 6.58. The van der Waals surface area contributed by atoms with Crippen molar-refractivity contribution in [3.05, 3.63) is 35.4 Å². The summed E-state index contributed by atoms with van der Waals surface area (Å²) in [4.78, 5) is 13.2. The van der Waals surface area contributed by atoms with Crippen LogP contribution >= 0.6 is 11.6 Å². The Morgan fingerprint density at radius 2 is 1.76 bits per heavy atom. The van der Waals surface area contributed by atoms with Gasteiger partial charge in [0, 0.05) is 18.0 Å². The smallest absolute Gasteiger partial charge is 0.328 e. The summed E-state index contributed by atoms with van der Waals surface area (Å²) in [5, 5.41) is 0. The van der Waals surface area contributed by atoms with Gasteiger partial charge in [0.2, 0.25) is 0 Å². The second-order valence-corrected chi connectivity index (χ2v) is 6.20. The van der Waals surface area contributed by atoms with E-state index in [-0.39, 0.29) is 17.8 Å². The molecule has 0 atom stereocenters. The molecule has 0 aliphatic heterocycles. The van der Waals surface area contributed by atoms with Crippen LogP contribution in [0.5, 0.6) is 0 Å². The van der Waals surface area contributed by atoms with Gasteiger partial charge >= 0.3 is 6.18 Å². The molecule has 0 saturated heterocycles. The van der Waals surface area contributed by atoms with Crippen LogP contribution in [0, 0.1) is 0 Å². The van der Waals surface area contributed by atoms with Crippen LogP contribution in [0.4, 0.5) is 13.2 Å². The van der Waals surface area contributed by atoms with Gasteiger partial charge in [0.15, 0.2) is 0 Å². The molecule has 0 aromatic heterocycles. The van der Waals surface area contributed by atoms with Crippen molar-refractivity contribution in [2.75, 3.05) is 19.0 Å². The highest BCUT2D eigenvalue weighted by atomic mass is 35.5. The Bertz CT molecular complexity index is 494. The molecular formula is C15H19ClF3NO. The molecule has 1 amide bonds. The molecule has 0 N–H and O–H groups in total. The first-order valence-corrected chi connectivity index (χ1v) is 7.11. The lowest BCUT2D eigenvalue weighted by atomic mass is 9.83. The molecule has 0 fully saturated rings. The summed E-state index contributed by atoms with van der Waals surface area (Å²) < 4.78 is 37.8. The highest BCUT2D eigenvalue weighted by Crippen LogP contribution is 2.27. The van der Waals surface area contributed by atoms with Gasteiger partial charge in [-0.1, -0.05) is 39.0 Å². The Hall–Kier alpha value is -1.23. The molecule has 1 aromatic carbocycles. The topological polar surface area (TPSA) is 20.3 Å². The molecular weight excluding hydrogens is 303 g/mol. The van der Waals surface area contributed by atoms with Crippen LogP contribution in [0.3, 0.4) is 0 Å². The number of halogens is 4. The molecule has 0 aliphatic carbocycles. The molecule has 0 unspecified atom stereocenters. The monoisotopic (exact) mass is 321 g/mol. The van der Waals surface area contributed by atoms with Gasteiger partial charge in [0.1, 0.15) is 6.54 Å². The van der Waals surface area contributed by atoms with E-state index in [1.807, 2.05) is 20.8 Å². The number of alkyl halides is 4. The van der Waals surface area contributed by atoms with E-state index < -0.39 is 18.6 Å². The van der Waals surface area contributed by atoms with Crippen molar-refractivity contribution in [1.29, 1.82) is 0 Å². The Kier molecular flexibility index (Phi) is 5.68. The zero-order valence-corrected chi connectivity index (χ0v) is 13.1. The fourth-order valence-corrected chi connectivity index (χ4v) is 2.27. The Morgan fingerprint density at radius 1 is 1.19 bits per heavy atom. The number of carbonyl (C=O) groups excluding carboxylic acids is 1. The summed E-state index contributed by atoms with van der Waals surface area (Å²) in [6, 6.07) is 6.74. The minimum Gasteiger partial charge on any atom is -0.328 e. The van der Waals surface area contributed by atoms with Crippen LogP contribution in [-0.2, 0) is 5.41 Å². The molecule has 1 aromatic rings. The molecule has 2 nitrogen and oxygen atoms in total. The third-order valence-electron chi connectivity index (χ3n) is 2.98. The summed E-state index contributed by atoms with van der Waals surface area (Å²) in [7, 11) is 0. The van der Waals surface area contributed by atoms with Gasteiger partial charge < -0.3 is 4.90 Å². The van der Waals surface area contributed by atoms with E-state index in [0.717, 1.165) is 10.5 Å². The Labute approximate surface area is 127 Å². The summed E-state index contributed by atoms with van der Waals surface area (Å²) in [6.07, 6.45) is -4.45. The molecule has 1 rings (SSSR count). The Balaban J connectivity index is 3.16. The molecule has 0 radical (unpaired) electrons. The predicted molar refractivity (Wildman–Crippen MR) is 77.8 cm³/mol. The molecule has 0 aliphatic rings. The third kappa shape index (κ3) is 5.23. The van der Waals surface area contributed by atoms with E-state index in [2.05, 4.69) is 0 Å². The number of amides is 1. The van der Waals surface area contributed by atoms with Crippen LogP contribution in [0.15, 0.2) is 24.3 Å². The summed E-state index contributed by atoms with van der Waals surface area (Å²) in [5.74, 6) is -0.682. The molecule has 0 bridgehead atoms. The summed E-state index contributed by atoms with van der Waals surface area (Å²) in [5.41, 5.74) is 0.674. The van der Waals surface area contributed by atoms with Crippen LogP contribution in [0.1, 0.15) is 36.7 Å². The van der Waals surface area contributed by atoms with E-state index >= 15 is 0 Å². The largest absolute Gasteiger partial charge is 0.406 e. The van der Waals surface area contributed by atoms with Crippen molar-refractivity contribution in [3.63, 3.8) is 0 Å². The number of carbonyl (C=O) groups is 1. The highest BCUT2D eigenvalue weighted by Gasteiger charge is 2.34. The first kappa shape index (κ1) is 17.8. The summed E-state index contributed by atoms with van der Waals surface area (Å²) in [6.45, 7) is 4.30. The number of hydrogen-bond acceptors (Lipinski definition) is 1.